The second-order valence-electron chi connectivity index (χ2n) is 12.3. The van der Waals surface area contributed by atoms with E-state index in [2.05, 4.69) is 21.4 Å². The second-order valence-corrected chi connectivity index (χ2v) is 12.3. The molecule has 8 bridgehead atoms. The third-order valence-corrected chi connectivity index (χ3v) is 9.55. The fourth-order valence-electron chi connectivity index (χ4n) is 6.87. The molecule has 5 heterocycles. The number of hydrogen-bond acceptors (Lipinski definition) is 13. The number of fused-ring (bicyclic) bond motifs is 20. The Balaban J connectivity index is 0.00000240. The van der Waals surface area contributed by atoms with Gasteiger partial charge in [0.25, 0.3) is 0 Å². The van der Waals surface area contributed by atoms with Crippen molar-refractivity contribution in [3.05, 3.63) is 62.0 Å². The number of aromatic amines is 2. The summed E-state index contributed by atoms with van der Waals surface area (Å²) in [5, 5.41) is 6.13. The van der Waals surface area contributed by atoms with E-state index < -0.39 is 0 Å². The molecule has 15 nitrogen and oxygen atoms in total. The quantitative estimate of drug-likeness (QED) is 0.137. The minimum atomic E-state index is 0. The average Bonchev–Trinajstić information content (AvgIpc) is 3.93. The standard InChI is InChI=1S/C39H32N9O6.CH3.U/c1-40-26-11-20-21(12-27(26)50-3)35-44-34(20)42-32-18-9-8-17(49-2)10-19(18)33(41-32)43-36-22-13-28(51-4)29(52-5)14-23(22)38(46-36)48-39-25-16-31(54-7)30(53-6)15-24(25)37(45-35)47-39;;/h9-16,40H,1-7H3,(H2,41,42,43,44,45,46,47,48);1H3;/q2*-1;+2. The largest absolute Gasteiger partial charge is 2.00 e. The summed E-state index contributed by atoms with van der Waals surface area (Å²) >= 11 is 0. The summed E-state index contributed by atoms with van der Waals surface area (Å²) in [5.74, 6) is 4.83. The van der Waals surface area contributed by atoms with E-state index in [0.717, 1.165) is 27.6 Å². The third kappa shape index (κ3) is 5.96. The molecule has 0 saturated heterocycles. The van der Waals surface area contributed by atoms with Crippen molar-refractivity contribution in [1.29, 1.82) is 0 Å². The van der Waals surface area contributed by atoms with Gasteiger partial charge in [-0.25, -0.2) is 29.9 Å². The Morgan fingerprint density at radius 3 is 1.25 bits per heavy atom. The molecule has 16 heteroatoms. The zero-order chi connectivity index (χ0) is 37.2. The number of ether oxygens (including phenoxy) is 6. The van der Waals surface area contributed by atoms with Crippen LogP contribution < -0.4 is 33.7 Å². The molecule has 3 aromatic heterocycles. The van der Waals surface area contributed by atoms with Crippen LogP contribution in [0.4, 0.5) is 5.69 Å². The van der Waals surface area contributed by atoms with Gasteiger partial charge in [0, 0.05) is 45.8 Å². The van der Waals surface area contributed by atoms with Crippen LogP contribution in [0.25, 0.3) is 89.7 Å². The first-order chi connectivity index (χ1) is 26.4. The van der Waals surface area contributed by atoms with E-state index in [-0.39, 0.29) is 38.5 Å². The number of hydrogen-bond donors (Lipinski definition) is 3. The van der Waals surface area contributed by atoms with E-state index in [0.29, 0.717) is 102 Å². The fourth-order valence-corrected chi connectivity index (χ4v) is 6.87. The van der Waals surface area contributed by atoms with Gasteiger partial charge in [0.15, 0.2) is 46.3 Å². The molecule has 0 atom stereocenters. The Morgan fingerprint density at radius 1 is 0.464 bits per heavy atom. The van der Waals surface area contributed by atoms with Gasteiger partial charge in [-0.1, -0.05) is 10.8 Å². The Hall–Kier alpha value is -6.11. The van der Waals surface area contributed by atoms with E-state index in [1.165, 1.54) is 0 Å². The number of benzene rings is 4. The number of anilines is 1. The summed E-state index contributed by atoms with van der Waals surface area (Å²) in [5.41, 5.74) is 5.55. The van der Waals surface area contributed by atoms with Crippen LogP contribution in [-0.2, 0) is 0 Å². The van der Waals surface area contributed by atoms with Crippen LogP contribution in [0, 0.1) is 44.6 Å². The average molecular weight is 976 g/mol. The van der Waals surface area contributed by atoms with Crippen LogP contribution in [-0.4, -0.2) is 89.6 Å². The van der Waals surface area contributed by atoms with Crippen molar-refractivity contribution in [2.75, 3.05) is 55.0 Å². The Morgan fingerprint density at radius 2 is 0.839 bits per heavy atom. The molecule has 0 spiro atoms. The van der Waals surface area contributed by atoms with E-state index in [4.69, 9.17) is 58.3 Å². The SMILES string of the molecule is CNc1cc2c(cc1OC)-c1nc-2nc2[nH]c(nc3nc(nc4[nH]c(n1)c1cc(OC)c(OC)cc41)-c1cc(OC)c(OC)cc1-3)c1cc(OC)[c-]cc21.[CH3-].[U+2]. The Labute approximate surface area is 344 Å². The zero-order valence-corrected chi connectivity index (χ0v) is 35.9. The molecule has 0 saturated carbocycles. The Bertz CT molecular complexity index is 2860. The molecule has 3 N–H and O–H groups in total. The van der Waals surface area contributed by atoms with Gasteiger partial charge in [0.2, 0.25) is 0 Å². The summed E-state index contributed by atoms with van der Waals surface area (Å²) in [6.45, 7) is 0. The van der Waals surface area contributed by atoms with E-state index in [1.807, 2.05) is 55.6 Å². The molecule has 9 rings (SSSR count). The molecule has 0 unspecified atom stereocenters. The number of nitrogens with one attached hydrogen (secondary N) is 3. The minimum absolute atomic E-state index is 0. The number of rotatable bonds is 7. The van der Waals surface area contributed by atoms with Crippen molar-refractivity contribution in [2.24, 2.45) is 0 Å². The van der Waals surface area contributed by atoms with Gasteiger partial charge in [-0.3, -0.25) is 0 Å². The van der Waals surface area contributed by atoms with Gasteiger partial charge in [0.1, 0.15) is 22.7 Å². The van der Waals surface area contributed by atoms with Gasteiger partial charge in [-0.15, -0.1) is 12.1 Å². The monoisotopic (exact) mass is 975 g/mol. The maximum atomic E-state index is 5.75. The summed E-state index contributed by atoms with van der Waals surface area (Å²) in [7, 11) is 11.4. The molecular formula is C40H35N9O6U. The van der Waals surface area contributed by atoms with Crippen LogP contribution in [0.1, 0.15) is 0 Å². The summed E-state index contributed by atoms with van der Waals surface area (Å²) < 4.78 is 34.1. The third-order valence-electron chi connectivity index (χ3n) is 9.55. The summed E-state index contributed by atoms with van der Waals surface area (Å²) in [6.07, 6.45) is 0. The molecular weight excluding hydrogens is 941 g/mol. The predicted octanol–water partition coefficient (Wildman–Crippen LogP) is 7.21. The molecule has 2 aliphatic rings. The van der Waals surface area contributed by atoms with Gasteiger partial charge in [-0.05, 0) is 36.4 Å². The predicted molar refractivity (Wildman–Crippen MR) is 210 cm³/mol. The molecule has 0 amide bonds. The van der Waals surface area contributed by atoms with E-state index in [1.54, 1.807) is 42.7 Å². The van der Waals surface area contributed by atoms with E-state index >= 15 is 0 Å². The van der Waals surface area contributed by atoms with Crippen LogP contribution >= 0.6 is 0 Å². The molecule has 280 valence electrons. The van der Waals surface area contributed by atoms with Crippen molar-refractivity contribution < 1.29 is 59.5 Å². The topological polar surface area (TPSA) is 176 Å². The van der Waals surface area contributed by atoms with Gasteiger partial charge < -0.3 is 51.1 Å². The maximum absolute atomic E-state index is 5.75. The smallest absolute Gasteiger partial charge is 0.523 e. The van der Waals surface area contributed by atoms with Crippen LogP contribution in [0.15, 0.2) is 48.5 Å². The number of nitrogens with zero attached hydrogens (tertiary/aromatic N) is 6. The van der Waals surface area contributed by atoms with Crippen molar-refractivity contribution in [2.45, 2.75) is 0 Å². The molecule has 0 radical (unpaired) electrons. The molecule has 0 aliphatic carbocycles. The number of methoxy groups -OCH3 is 6. The number of H-pyrrole nitrogens is 2. The molecule has 2 aliphatic heterocycles. The molecule has 7 aromatic rings. The van der Waals surface area contributed by atoms with E-state index in [9.17, 15) is 0 Å². The first-order valence-electron chi connectivity index (χ1n) is 16.7. The van der Waals surface area contributed by atoms with Crippen LogP contribution in [0.3, 0.4) is 0 Å². The normalized spacial score (nSPS) is 11.2. The molecule has 0 fully saturated rings. The fraction of sp³-hybridized carbons (Fsp3) is 0.175. The number of aromatic nitrogens is 8. The van der Waals surface area contributed by atoms with Crippen LogP contribution in [0.5, 0.6) is 34.5 Å². The second kappa shape index (κ2) is 14.9. The molecule has 56 heavy (non-hydrogen) atoms. The first-order valence-corrected chi connectivity index (χ1v) is 16.7. The minimum Gasteiger partial charge on any atom is -0.523 e. The van der Waals surface area contributed by atoms with Crippen LogP contribution in [0.2, 0.25) is 0 Å². The first kappa shape index (κ1) is 38.2. The van der Waals surface area contributed by atoms with Gasteiger partial charge >= 0.3 is 31.1 Å². The van der Waals surface area contributed by atoms with Crippen molar-refractivity contribution >= 4 is 49.8 Å². The zero-order valence-electron chi connectivity index (χ0n) is 31.8. The summed E-state index contributed by atoms with van der Waals surface area (Å²) in [6, 6.07) is 18.1. The van der Waals surface area contributed by atoms with Crippen molar-refractivity contribution in [1.82, 2.24) is 39.9 Å². The van der Waals surface area contributed by atoms with Gasteiger partial charge in [-0.2, -0.15) is 6.07 Å². The van der Waals surface area contributed by atoms with Crippen molar-refractivity contribution in [3.63, 3.8) is 0 Å². The van der Waals surface area contributed by atoms with Gasteiger partial charge in [0.05, 0.1) is 54.0 Å². The summed E-state index contributed by atoms with van der Waals surface area (Å²) in [4.78, 5) is 37.3. The molecule has 4 aromatic carbocycles. The van der Waals surface area contributed by atoms with Crippen molar-refractivity contribution in [3.8, 4) is 80.0 Å². The Kier molecular flexibility index (Phi) is 10.1. The maximum Gasteiger partial charge on any atom is 2.00 e.